The molecule has 0 aliphatic carbocycles. The zero-order chi connectivity index (χ0) is 28.4. The lowest BCUT2D eigenvalue weighted by Gasteiger charge is -2.33. The predicted molar refractivity (Wildman–Crippen MR) is 154 cm³/mol. The van der Waals surface area contributed by atoms with Gasteiger partial charge in [0.25, 0.3) is 0 Å². The van der Waals surface area contributed by atoms with E-state index < -0.39 is 28.5 Å². The van der Waals surface area contributed by atoms with Gasteiger partial charge in [-0.25, -0.2) is 8.42 Å². The van der Waals surface area contributed by atoms with Crippen LogP contribution in [-0.4, -0.2) is 56.6 Å². The summed E-state index contributed by atoms with van der Waals surface area (Å²) in [7, 11) is -3.81. The summed E-state index contributed by atoms with van der Waals surface area (Å²) in [5, 5.41) is 2.89. The minimum absolute atomic E-state index is 0.0956. The molecule has 9 heteroatoms. The van der Waals surface area contributed by atoms with Gasteiger partial charge in [-0.05, 0) is 68.7 Å². The van der Waals surface area contributed by atoms with Crippen molar-refractivity contribution in [3.05, 3.63) is 90.5 Å². The van der Waals surface area contributed by atoms with Crippen molar-refractivity contribution in [2.24, 2.45) is 0 Å². The average molecular weight is 552 g/mol. The minimum atomic E-state index is -3.81. The van der Waals surface area contributed by atoms with Gasteiger partial charge in [-0.15, -0.1) is 0 Å². The fourth-order valence-electron chi connectivity index (χ4n) is 4.20. The maximum Gasteiger partial charge on any atom is 0.244 e. The topological polar surface area (TPSA) is 96.0 Å². The Kier molecular flexibility index (Phi) is 10.5. The van der Waals surface area contributed by atoms with Crippen molar-refractivity contribution in [1.29, 1.82) is 0 Å². The van der Waals surface area contributed by atoms with Crippen molar-refractivity contribution < 1.29 is 22.7 Å². The molecule has 0 aliphatic heterocycles. The number of amides is 2. The highest BCUT2D eigenvalue weighted by molar-refractivity contribution is 7.92. The van der Waals surface area contributed by atoms with E-state index in [1.807, 2.05) is 81.4 Å². The Balaban J connectivity index is 1.85. The molecule has 1 atom stereocenters. The van der Waals surface area contributed by atoms with Crippen molar-refractivity contribution in [2.75, 3.05) is 23.7 Å². The van der Waals surface area contributed by atoms with Crippen LogP contribution in [0.2, 0.25) is 0 Å². The van der Waals surface area contributed by atoms with Crippen molar-refractivity contribution >= 4 is 27.5 Å². The van der Waals surface area contributed by atoms with Crippen molar-refractivity contribution in [2.45, 2.75) is 45.7 Å². The first-order valence-electron chi connectivity index (χ1n) is 13.0. The van der Waals surface area contributed by atoms with E-state index >= 15 is 0 Å². The maximum absolute atomic E-state index is 13.7. The average Bonchev–Trinajstić information content (AvgIpc) is 2.90. The Morgan fingerprint density at radius 2 is 1.44 bits per heavy atom. The molecule has 8 nitrogen and oxygen atoms in total. The summed E-state index contributed by atoms with van der Waals surface area (Å²) in [6.07, 6.45) is 1.98. The van der Waals surface area contributed by atoms with E-state index in [4.69, 9.17) is 4.74 Å². The molecule has 1 N–H and O–H groups in total. The first-order valence-corrected chi connectivity index (χ1v) is 14.9. The van der Waals surface area contributed by atoms with Gasteiger partial charge < -0.3 is 15.0 Å². The van der Waals surface area contributed by atoms with E-state index in [1.54, 1.807) is 24.3 Å². The molecule has 0 aliphatic rings. The number of rotatable bonds is 13. The number of para-hydroxylation sites is 1. The SMILES string of the molecule is CCC(C(=O)NC(C)C)N(CCc1ccccc1)C(=O)CN(c1ccc(Oc2ccccc2)cc1)S(C)(=O)=O. The predicted octanol–water partition coefficient (Wildman–Crippen LogP) is 4.62. The Morgan fingerprint density at radius 1 is 0.872 bits per heavy atom. The monoisotopic (exact) mass is 551 g/mol. The number of hydrogen-bond acceptors (Lipinski definition) is 5. The largest absolute Gasteiger partial charge is 0.457 e. The fraction of sp³-hybridized carbons (Fsp3) is 0.333. The molecule has 0 saturated heterocycles. The molecule has 3 aromatic carbocycles. The highest BCUT2D eigenvalue weighted by Gasteiger charge is 2.31. The lowest BCUT2D eigenvalue weighted by molar-refractivity contribution is -0.139. The zero-order valence-corrected chi connectivity index (χ0v) is 23.7. The van der Waals surface area contributed by atoms with Gasteiger partial charge in [-0.2, -0.15) is 0 Å². The molecule has 0 saturated carbocycles. The van der Waals surface area contributed by atoms with E-state index in [-0.39, 0.29) is 18.5 Å². The maximum atomic E-state index is 13.7. The number of carbonyl (C=O) groups excluding carboxylic acids is 2. The number of nitrogens with one attached hydrogen (secondary N) is 1. The molecule has 1 unspecified atom stereocenters. The number of hydrogen-bond donors (Lipinski definition) is 1. The van der Waals surface area contributed by atoms with Crippen LogP contribution < -0.4 is 14.4 Å². The molecule has 39 heavy (non-hydrogen) atoms. The number of sulfonamides is 1. The van der Waals surface area contributed by atoms with Crippen LogP contribution in [0.5, 0.6) is 11.5 Å². The van der Waals surface area contributed by atoms with Gasteiger partial charge in [-0.3, -0.25) is 13.9 Å². The molecule has 2 amide bonds. The van der Waals surface area contributed by atoms with Crippen LogP contribution >= 0.6 is 0 Å². The number of ether oxygens (including phenoxy) is 1. The highest BCUT2D eigenvalue weighted by atomic mass is 32.2. The Hall–Kier alpha value is -3.85. The molecule has 3 aromatic rings. The van der Waals surface area contributed by atoms with Crippen LogP contribution in [0.4, 0.5) is 5.69 Å². The molecule has 0 aromatic heterocycles. The van der Waals surface area contributed by atoms with Crippen LogP contribution in [0.25, 0.3) is 0 Å². The number of anilines is 1. The summed E-state index contributed by atoms with van der Waals surface area (Å²) in [5.74, 6) is 0.472. The summed E-state index contributed by atoms with van der Waals surface area (Å²) in [6.45, 7) is 5.40. The minimum Gasteiger partial charge on any atom is -0.457 e. The fourth-order valence-corrected chi connectivity index (χ4v) is 5.04. The normalized spacial score (nSPS) is 12.0. The molecule has 0 bridgehead atoms. The van der Waals surface area contributed by atoms with E-state index in [2.05, 4.69) is 5.32 Å². The number of nitrogens with zero attached hydrogens (tertiary/aromatic N) is 2. The van der Waals surface area contributed by atoms with Gasteiger partial charge in [0.15, 0.2) is 0 Å². The van der Waals surface area contributed by atoms with Crippen LogP contribution in [0.15, 0.2) is 84.9 Å². The second-order valence-electron chi connectivity index (χ2n) is 9.59. The lowest BCUT2D eigenvalue weighted by Crippen LogP contribution is -2.54. The Labute approximate surface area is 231 Å². The van der Waals surface area contributed by atoms with Gasteiger partial charge in [0.05, 0.1) is 11.9 Å². The second kappa shape index (κ2) is 13.8. The third-order valence-electron chi connectivity index (χ3n) is 6.08. The summed E-state index contributed by atoms with van der Waals surface area (Å²) in [5.41, 5.74) is 1.34. The van der Waals surface area contributed by atoms with Gasteiger partial charge in [0, 0.05) is 12.6 Å². The third-order valence-corrected chi connectivity index (χ3v) is 7.22. The van der Waals surface area contributed by atoms with Gasteiger partial charge in [0.1, 0.15) is 24.1 Å². The molecule has 208 valence electrons. The van der Waals surface area contributed by atoms with E-state index in [0.717, 1.165) is 16.1 Å². The van der Waals surface area contributed by atoms with E-state index in [1.165, 1.54) is 4.90 Å². The molecule has 0 radical (unpaired) electrons. The zero-order valence-electron chi connectivity index (χ0n) is 22.9. The molecule has 0 fully saturated rings. The Morgan fingerprint density at radius 3 is 1.97 bits per heavy atom. The van der Waals surface area contributed by atoms with Crippen LogP contribution in [0.3, 0.4) is 0 Å². The number of benzene rings is 3. The standard InChI is InChI=1S/C30H37N3O5S/c1-5-28(30(35)31-23(2)3)32(21-20-24-12-8-6-9-13-24)29(34)22-33(39(4,36)37)25-16-18-27(19-17-25)38-26-14-10-7-11-15-26/h6-19,23,28H,5,20-22H2,1-4H3,(H,31,35). The third kappa shape index (κ3) is 8.85. The second-order valence-corrected chi connectivity index (χ2v) is 11.5. The molecule has 0 spiro atoms. The molecule has 3 rings (SSSR count). The molecular formula is C30H37N3O5S. The summed E-state index contributed by atoms with van der Waals surface area (Å²) in [6, 6.07) is 24.6. The lowest BCUT2D eigenvalue weighted by atomic mass is 10.1. The summed E-state index contributed by atoms with van der Waals surface area (Å²) < 4.78 is 32.5. The summed E-state index contributed by atoms with van der Waals surface area (Å²) >= 11 is 0. The van der Waals surface area contributed by atoms with Crippen LogP contribution in [-0.2, 0) is 26.0 Å². The summed E-state index contributed by atoms with van der Waals surface area (Å²) in [4.78, 5) is 28.2. The van der Waals surface area contributed by atoms with Gasteiger partial charge in [0.2, 0.25) is 21.8 Å². The molecule has 0 heterocycles. The first kappa shape index (κ1) is 29.7. The van der Waals surface area contributed by atoms with Gasteiger partial charge in [-0.1, -0.05) is 55.5 Å². The molecular weight excluding hydrogens is 514 g/mol. The Bertz CT molecular complexity index is 1310. The highest BCUT2D eigenvalue weighted by Crippen LogP contribution is 2.26. The quantitative estimate of drug-likeness (QED) is 0.335. The van der Waals surface area contributed by atoms with Crippen molar-refractivity contribution in [3.8, 4) is 11.5 Å². The number of carbonyl (C=O) groups is 2. The van der Waals surface area contributed by atoms with Gasteiger partial charge >= 0.3 is 0 Å². The van der Waals surface area contributed by atoms with Crippen LogP contribution in [0.1, 0.15) is 32.8 Å². The first-order chi connectivity index (χ1) is 18.6. The van der Waals surface area contributed by atoms with Crippen LogP contribution in [0, 0.1) is 0 Å². The van der Waals surface area contributed by atoms with Crippen molar-refractivity contribution in [3.63, 3.8) is 0 Å². The van der Waals surface area contributed by atoms with Crippen molar-refractivity contribution in [1.82, 2.24) is 10.2 Å². The van der Waals surface area contributed by atoms with E-state index in [9.17, 15) is 18.0 Å². The van der Waals surface area contributed by atoms with E-state index in [0.29, 0.717) is 30.0 Å². The smallest absolute Gasteiger partial charge is 0.244 e.